The van der Waals surface area contributed by atoms with Crippen LogP contribution in [0.25, 0.3) is 0 Å². The molecule has 2 N–H and O–H groups in total. The van der Waals surface area contributed by atoms with Gasteiger partial charge in [-0.3, -0.25) is 4.79 Å². The lowest BCUT2D eigenvalue weighted by Crippen LogP contribution is -2.25. The maximum Gasteiger partial charge on any atom is 0.253 e. The first-order valence-corrected chi connectivity index (χ1v) is 4.80. The molecule has 6 heteroatoms. The fourth-order valence-electron chi connectivity index (χ4n) is 0.946. The lowest BCUT2D eigenvalue weighted by Gasteiger charge is -2.04. The Balaban J connectivity index is 2.77. The van der Waals surface area contributed by atoms with Gasteiger partial charge in [0.05, 0.1) is 23.3 Å². The van der Waals surface area contributed by atoms with E-state index in [1.807, 2.05) is 0 Å². The zero-order chi connectivity index (χ0) is 11.3. The van der Waals surface area contributed by atoms with Crippen LogP contribution >= 0.6 is 23.2 Å². The fourth-order valence-corrected chi connectivity index (χ4v) is 1.32. The molecule has 0 aromatic heterocycles. The van der Waals surface area contributed by atoms with E-state index >= 15 is 0 Å². The Labute approximate surface area is 96.5 Å². The molecule has 0 bridgehead atoms. The Morgan fingerprint density at radius 2 is 2.27 bits per heavy atom. The topological polar surface area (TPSA) is 61.7 Å². The molecular weight excluding hydrogens is 239 g/mol. The number of hydrogen-bond donors (Lipinski definition) is 2. The maximum absolute atomic E-state index is 11.5. The number of carbonyl (C=O) groups excluding carboxylic acids is 1. The van der Waals surface area contributed by atoms with Crippen LogP contribution in [0.5, 0.6) is 0 Å². The van der Waals surface area contributed by atoms with E-state index in [4.69, 9.17) is 28.4 Å². The molecule has 1 aromatic rings. The molecule has 1 aromatic carbocycles. The molecule has 1 rings (SSSR count). The lowest BCUT2D eigenvalue weighted by atomic mass is 10.2. The largest absolute Gasteiger partial charge is 0.411 e. The summed E-state index contributed by atoms with van der Waals surface area (Å²) in [6, 6.07) is 4.60. The minimum atomic E-state index is -0.373. The monoisotopic (exact) mass is 246 g/mol. The molecule has 0 fully saturated rings. The summed E-state index contributed by atoms with van der Waals surface area (Å²) in [6.45, 7) is 0.123. The molecule has 0 spiro atoms. The van der Waals surface area contributed by atoms with E-state index in [-0.39, 0.29) is 18.0 Å². The molecule has 1 amide bonds. The zero-order valence-corrected chi connectivity index (χ0v) is 9.09. The second-order valence-corrected chi connectivity index (χ2v) is 3.48. The van der Waals surface area contributed by atoms with Crippen LogP contribution in [0.4, 0.5) is 0 Å². The van der Waals surface area contributed by atoms with Crippen molar-refractivity contribution in [3.05, 3.63) is 33.8 Å². The second-order valence-electron chi connectivity index (χ2n) is 2.63. The van der Waals surface area contributed by atoms with Crippen LogP contribution in [-0.4, -0.2) is 23.9 Å². The number of carbonyl (C=O) groups is 1. The Morgan fingerprint density at radius 3 is 2.93 bits per heavy atom. The van der Waals surface area contributed by atoms with Gasteiger partial charge in [0.1, 0.15) is 0 Å². The first kappa shape index (κ1) is 11.8. The van der Waals surface area contributed by atoms with Gasteiger partial charge >= 0.3 is 0 Å². The molecule has 0 aliphatic rings. The summed E-state index contributed by atoms with van der Waals surface area (Å²) in [6.07, 6.45) is 1.15. The average Bonchev–Trinajstić information content (AvgIpc) is 2.22. The maximum atomic E-state index is 11.5. The quantitative estimate of drug-likeness (QED) is 0.488. The van der Waals surface area contributed by atoms with E-state index in [1.54, 1.807) is 12.1 Å². The lowest BCUT2D eigenvalue weighted by molar-refractivity contribution is 0.0959. The van der Waals surface area contributed by atoms with E-state index in [9.17, 15) is 4.79 Å². The first-order chi connectivity index (χ1) is 7.15. The molecule has 0 heterocycles. The van der Waals surface area contributed by atoms with Crippen molar-refractivity contribution in [2.75, 3.05) is 6.54 Å². The van der Waals surface area contributed by atoms with Crippen molar-refractivity contribution in [2.45, 2.75) is 0 Å². The number of nitrogens with one attached hydrogen (secondary N) is 1. The molecule has 4 nitrogen and oxygen atoms in total. The van der Waals surface area contributed by atoms with Gasteiger partial charge in [0.25, 0.3) is 5.91 Å². The molecule has 0 atom stereocenters. The zero-order valence-electron chi connectivity index (χ0n) is 7.58. The molecule has 0 aliphatic heterocycles. The molecular formula is C9H8Cl2N2O2. The van der Waals surface area contributed by atoms with Crippen LogP contribution in [0.3, 0.4) is 0 Å². The van der Waals surface area contributed by atoms with E-state index < -0.39 is 0 Å². The Morgan fingerprint density at radius 1 is 1.53 bits per heavy atom. The van der Waals surface area contributed by atoms with Crippen LogP contribution in [-0.2, 0) is 0 Å². The fraction of sp³-hybridized carbons (Fsp3) is 0.111. The van der Waals surface area contributed by atoms with Gasteiger partial charge in [-0.05, 0) is 18.2 Å². The van der Waals surface area contributed by atoms with Crippen LogP contribution in [0.1, 0.15) is 10.4 Å². The number of oxime groups is 1. The van der Waals surface area contributed by atoms with E-state index in [0.717, 1.165) is 6.21 Å². The van der Waals surface area contributed by atoms with Crippen molar-refractivity contribution in [3.63, 3.8) is 0 Å². The summed E-state index contributed by atoms with van der Waals surface area (Å²) < 4.78 is 0. The Bertz CT molecular complexity index is 394. The highest BCUT2D eigenvalue weighted by molar-refractivity contribution is 6.35. The molecule has 15 heavy (non-hydrogen) atoms. The van der Waals surface area contributed by atoms with Crippen molar-refractivity contribution in [1.29, 1.82) is 0 Å². The number of nitrogens with zero attached hydrogens (tertiary/aromatic N) is 1. The predicted octanol–water partition coefficient (Wildman–Crippen LogP) is 2.18. The Kier molecular flexibility index (Phi) is 4.39. The van der Waals surface area contributed by atoms with Crippen molar-refractivity contribution in [1.82, 2.24) is 5.32 Å². The number of hydrogen-bond acceptors (Lipinski definition) is 3. The van der Waals surface area contributed by atoms with Gasteiger partial charge in [-0.25, -0.2) is 0 Å². The van der Waals surface area contributed by atoms with Gasteiger partial charge in [-0.15, -0.1) is 5.16 Å². The van der Waals surface area contributed by atoms with Crippen LogP contribution < -0.4 is 5.32 Å². The van der Waals surface area contributed by atoms with Crippen molar-refractivity contribution in [2.24, 2.45) is 5.16 Å². The predicted molar refractivity (Wildman–Crippen MR) is 59.1 cm³/mol. The summed E-state index contributed by atoms with van der Waals surface area (Å²) in [5, 5.41) is 14.1. The van der Waals surface area contributed by atoms with Crippen LogP contribution in [0.2, 0.25) is 10.0 Å². The van der Waals surface area contributed by atoms with Crippen LogP contribution in [0.15, 0.2) is 23.4 Å². The standard InChI is InChI=1S/C9H8Cl2N2O2/c10-6-1-2-8(11)7(5-6)9(14)12-3-4-13-15/h1-2,4-5,15H,3H2,(H,12,14)/b13-4+. The molecule has 80 valence electrons. The third-order valence-corrected chi connectivity index (χ3v) is 2.17. The summed E-state index contributed by atoms with van der Waals surface area (Å²) in [5.74, 6) is -0.373. The molecule has 0 saturated carbocycles. The molecule has 0 saturated heterocycles. The van der Waals surface area contributed by atoms with E-state index in [1.165, 1.54) is 6.07 Å². The number of benzene rings is 1. The van der Waals surface area contributed by atoms with E-state index in [0.29, 0.717) is 10.0 Å². The average molecular weight is 247 g/mol. The molecule has 0 radical (unpaired) electrons. The number of rotatable bonds is 3. The van der Waals surface area contributed by atoms with Gasteiger partial charge < -0.3 is 10.5 Å². The highest BCUT2D eigenvalue weighted by Gasteiger charge is 2.09. The van der Waals surface area contributed by atoms with Gasteiger partial charge in [-0.1, -0.05) is 23.2 Å². The minimum Gasteiger partial charge on any atom is -0.411 e. The molecule has 0 unspecified atom stereocenters. The third kappa shape index (κ3) is 3.42. The van der Waals surface area contributed by atoms with Crippen molar-refractivity contribution < 1.29 is 10.0 Å². The smallest absolute Gasteiger partial charge is 0.253 e. The first-order valence-electron chi connectivity index (χ1n) is 4.04. The summed E-state index contributed by atoms with van der Waals surface area (Å²) >= 11 is 11.5. The normalized spacial score (nSPS) is 10.5. The molecule has 0 aliphatic carbocycles. The van der Waals surface area contributed by atoms with E-state index in [2.05, 4.69) is 10.5 Å². The van der Waals surface area contributed by atoms with Crippen molar-refractivity contribution >= 4 is 35.3 Å². The van der Waals surface area contributed by atoms with Crippen molar-refractivity contribution in [3.8, 4) is 0 Å². The van der Waals surface area contributed by atoms with Crippen LogP contribution in [0, 0.1) is 0 Å². The SMILES string of the molecule is O=C(NC/C=N/O)c1cc(Cl)ccc1Cl. The van der Waals surface area contributed by atoms with Gasteiger partial charge in [-0.2, -0.15) is 0 Å². The third-order valence-electron chi connectivity index (χ3n) is 1.61. The Hall–Kier alpha value is -1.26. The highest BCUT2D eigenvalue weighted by atomic mass is 35.5. The minimum absolute atomic E-state index is 0.123. The van der Waals surface area contributed by atoms with Gasteiger partial charge in [0.15, 0.2) is 0 Å². The number of amides is 1. The second kappa shape index (κ2) is 5.58. The summed E-state index contributed by atoms with van der Waals surface area (Å²) in [4.78, 5) is 11.5. The number of halogens is 2. The summed E-state index contributed by atoms with van der Waals surface area (Å²) in [5.41, 5.74) is 0.288. The highest BCUT2D eigenvalue weighted by Crippen LogP contribution is 2.20. The van der Waals surface area contributed by atoms with Gasteiger partial charge in [0.2, 0.25) is 0 Å². The van der Waals surface area contributed by atoms with Gasteiger partial charge in [0, 0.05) is 5.02 Å². The summed E-state index contributed by atoms with van der Waals surface area (Å²) in [7, 11) is 0.